The Morgan fingerprint density at radius 3 is 2.71 bits per heavy atom. The molecular formula is C15H14N6O3. The van der Waals surface area contributed by atoms with E-state index in [2.05, 4.69) is 20.0 Å². The van der Waals surface area contributed by atoms with Crippen LogP contribution in [-0.4, -0.2) is 38.4 Å². The van der Waals surface area contributed by atoms with Crippen LogP contribution in [0.1, 0.15) is 17.4 Å². The van der Waals surface area contributed by atoms with E-state index in [4.69, 9.17) is 5.73 Å². The topological polar surface area (TPSA) is 124 Å². The zero-order valence-electron chi connectivity index (χ0n) is 12.8. The van der Waals surface area contributed by atoms with Gasteiger partial charge in [-0.1, -0.05) is 30.3 Å². The first-order valence-corrected chi connectivity index (χ1v) is 7.15. The van der Waals surface area contributed by atoms with Gasteiger partial charge in [0.15, 0.2) is 17.2 Å². The number of nitrogen functional groups attached to an aromatic ring is 1. The number of aromatic nitrogens is 4. The zero-order valence-corrected chi connectivity index (χ0v) is 12.8. The number of benzene rings is 1. The monoisotopic (exact) mass is 326 g/mol. The fourth-order valence-electron chi connectivity index (χ4n) is 2.10. The van der Waals surface area contributed by atoms with Gasteiger partial charge in [-0.2, -0.15) is 9.61 Å². The molecule has 3 aromatic rings. The summed E-state index contributed by atoms with van der Waals surface area (Å²) in [6, 6.07) is 11.1. The van der Waals surface area contributed by atoms with Crippen molar-refractivity contribution >= 4 is 23.5 Å². The number of hydrogen-bond acceptors (Lipinski definition) is 7. The van der Waals surface area contributed by atoms with Gasteiger partial charge in [-0.15, -0.1) is 10.2 Å². The average Bonchev–Trinajstić information content (AvgIpc) is 3.01. The number of amides is 2. The van der Waals surface area contributed by atoms with Gasteiger partial charge in [0.25, 0.3) is 5.91 Å². The Labute approximate surface area is 136 Å². The van der Waals surface area contributed by atoms with Gasteiger partial charge in [0, 0.05) is 11.6 Å². The first-order chi connectivity index (χ1) is 11.6. The summed E-state index contributed by atoms with van der Waals surface area (Å²) in [5.41, 5.74) is 7.64. The first-order valence-electron chi connectivity index (χ1n) is 7.15. The van der Waals surface area contributed by atoms with Crippen LogP contribution in [0.4, 0.5) is 10.6 Å². The molecule has 3 N–H and O–H groups in total. The summed E-state index contributed by atoms with van der Waals surface area (Å²) in [6.45, 7) is 1.76. The molecule has 0 spiro atoms. The van der Waals surface area contributed by atoms with E-state index in [-0.39, 0.29) is 18.1 Å². The number of carbonyl (C=O) groups excluding carboxylic acids is 2. The molecule has 3 rings (SSSR count). The molecule has 1 aromatic carbocycles. The van der Waals surface area contributed by atoms with Crippen molar-refractivity contribution in [3.8, 4) is 11.3 Å². The van der Waals surface area contributed by atoms with Crippen LogP contribution < -0.4 is 11.1 Å². The molecular weight excluding hydrogens is 312 g/mol. The number of carbonyl (C=O) groups is 2. The Bertz CT molecular complexity index is 906. The molecule has 0 saturated carbocycles. The van der Waals surface area contributed by atoms with Crippen molar-refractivity contribution in [3.63, 3.8) is 0 Å². The second kappa shape index (κ2) is 6.32. The maximum atomic E-state index is 12.0. The first kappa shape index (κ1) is 15.4. The molecule has 0 bridgehead atoms. The Balaban J connectivity index is 1.96. The average molecular weight is 326 g/mol. The summed E-state index contributed by atoms with van der Waals surface area (Å²) in [4.78, 5) is 23.4. The minimum Gasteiger partial charge on any atom is -0.450 e. The molecule has 0 atom stereocenters. The van der Waals surface area contributed by atoms with Crippen molar-refractivity contribution in [2.24, 2.45) is 0 Å². The third kappa shape index (κ3) is 2.86. The maximum Gasteiger partial charge on any atom is 0.414 e. The molecule has 0 aliphatic rings. The highest BCUT2D eigenvalue weighted by molar-refractivity contribution is 6.04. The number of nitrogens with one attached hydrogen (secondary N) is 1. The summed E-state index contributed by atoms with van der Waals surface area (Å²) >= 11 is 0. The molecule has 0 saturated heterocycles. The third-order valence-electron chi connectivity index (χ3n) is 3.19. The summed E-state index contributed by atoms with van der Waals surface area (Å²) in [5, 5.41) is 14.0. The van der Waals surface area contributed by atoms with Gasteiger partial charge >= 0.3 is 6.09 Å². The number of nitrogens with two attached hydrogens (primary N) is 1. The maximum absolute atomic E-state index is 12.0. The highest BCUT2D eigenvalue weighted by atomic mass is 16.5. The molecule has 122 valence electrons. The predicted molar refractivity (Wildman–Crippen MR) is 85.1 cm³/mol. The lowest BCUT2D eigenvalue weighted by Crippen LogP contribution is -2.33. The van der Waals surface area contributed by atoms with E-state index >= 15 is 0 Å². The van der Waals surface area contributed by atoms with E-state index in [1.54, 1.807) is 13.0 Å². The molecule has 2 heterocycles. The molecule has 0 aliphatic carbocycles. The number of rotatable bonds is 3. The highest BCUT2D eigenvalue weighted by Crippen LogP contribution is 2.20. The smallest absolute Gasteiger partial charge is 0.414 e. The fourth-order valence-corrected chi connectivity index (χ4v) is 2.10. The lowest BCUT2D eigenvalue weighted by molar-refractivity contribution is 0.0919. The molecule has 2 amide bonds. The second-order valence-electron chi connectivity index (χ2n) is 4.77. The van der Waals surface area contributed by atoms with E-state index in [1.165, 1.54) is 4.52 Å². The summed E-state index contributed by atoms with van der Waals surface area (Å²) in [6.07, 6.45) is -0.880. The fraction of sp³-hybridized carbons (Fsp3) is 0.133. The summed E-state index contributed by atoms with van der Waals surface area (Å²) < 4.78 is 5.94. The number of alkyl carbamates (subject to hydrolysis) is 1. The molecule has 0 radical (unpaired) electrons. The van der Waals surface area contributed by atoms with Crippen LogP contribution in [0.25, 0.3) is 16.9 Å². The number of fused-ring (bicyclic) bond motifs is 1. The predicted octanol–water partition coefficient (Wildman–Crippen LogP) is 1.26. The normalized spacial score (nSPS) is 10.5. The van der Waals surface area contributed by atoms with Gasteiger partial charge < -0.3 is 10.5 Å². The van der Waals surface area contributed by atoms with Crippen LogP contribution in [0, 0.1) is 0 Å². The van der Waals surface area contributed by atoms with Crippen molar-refractivity contribution in [3.05, 3.63) is 42.1 Å². The van der Waals surface area contributed by atoms with E-state index < -0.39 is 12.0 Å². The van der Waals surface area contributed by atoms with E-state index in [1.807, 2.05) is 35.6 Å². The van der Waals surface area contributed by atoms with Gasteiger partial charge in [-0.25, -0.2) is 4.79 Å². The van der Waals surface area contributed by atoms with Crippen LogP contribution in [0.15, 0.2) is 36.4 Å². The Morgan fingerprint density at radius 2 is 2.00 bits per heavy atom. The summed E-state index contributed by atoms with van der Waals surface area (Å²) in [7, 11) is 0. The minimum atomic E-state index is -0.880. The minimum absolute atomic E-state index is 0.0241. The Kier molecular flexibility index (Phi) is 4.06. The SMILES string of the molecule is CCOC(=O)NC(=O)c1nnc2cc(-c3ccccc3)nn2c1N. The van der Waals surface area contributed by atoms with Gasteiger partial charge in [0.2, 0.25) is 0 Å². The lowest BCUT2D eigenvalue weighted by atomic mass is 10.2. The van der Waals surface area contributed by atoms with Gasteiger partial charge in [-0.3, -0.25) is 10.1 Å². The standard InChI is InChI=1S/C15H14N6O3/c1-2-24-15(23)17-14(22)12-13(16)21-11(18-19-12)8-10(20-21)9-6-4-3-5-7-9/h3-8H,2,16H2,1H3,(H,17,22,23). The van der Waals surface area contributed by atoms with Crippen LogP contribution in [0.5, 0.6) is 0 Å². The van der Waals surface area contributed by atoms with Crippen LogP contribution in [-0.2, 0) is 4.74 Å². The zero-order chi connectivity index (χ0) is 17.1. The van der Waals surface area contributed by atoms with Crippen LogP contribution in [0.3, 0.4) is 0 Å². The number of hydrogen-bond donors (Lipinski definition) is 2. The molecule has 9 nitrogen and oxygen atoms in total. The second-order valence-corrected chi connectivity index (χ2v) is 4.77. The van der Waals surface area contributed by atoms with Gasteiger partial charge in [0.1, 0.15) is 0 Å². The lowest BCUT2D eigenvalue weighted by Gasteiger charge is -2.06. The molecule has 0 unspecified atom stereocenters. The largest absolute Gasteiger partial charge is 0.450 e. The highest BCUT2D eigenvalue weighted by Gasteiger charge is 2.20. The number of anilines is 1. The molecule has 24 heavy (non-hydrogen) atoms. The number of ether oxygens (including phenoxy) is 1. The molecule has 0 aliphatic heterocycles. The number of imide groups is 1. The Morgan fingerprint density at radius 1 is 1.25 bits per heavy atom. The molecule has 0 fully saturated rings. The molecule has 2 aromatic heterocycles. The van der Waals surface area contributed by atoms with Gasteiger partial charge in [0.05, 0.1) is 12.3 Å². The number of nitrogens with zero attached hydrogens (tertiary/aromatic N) is 4. The van der Waals surface area contributed by atoms with Crippen molar-refractivity contribution < 1.29 is 14.3 Å². The van der Waals surface area contributed by atoms with E-state index in [9.17, 15) is 9.59 Å². The van der Waals surface area contributed by atoms with Crippen molar-refractivity contribution in [1.82, 2.24) is 25.1 Å². The van der Waals surface area contributed by atoms with Crippen molar-refractivity contribution in [2.75, 3.05) is 12.3 Å². The Hall–Kier alpha value is -3.49. The van der Waals surface area contributed by atoms with E-state index in [0.717, 1.165) is 5.56 Å². The van der Waals surface area contributed by atoms with Crippen molar-refractivity contribution in [1.29, 1.82) is 0 Å². The van der Waals surface area contributed by atoms with E-state index in [0.29, 0.717) is 11.3 Å². The van der Waals surface area contributed by atoms with Crippen LogP contribution in [0.2, 0.25) is 0 Å². The third-order valence-corrected chi connectivity index (χ3v) is 3.19. The molecule has 9 heteroatoms. The van der Waals surface area contributed by atoms with Crippen molar-refractivity contribution in [2.45, 2.75) is 6.92 Å². The summed E-state index contributed by atoms with van der Waals surface area (Å²) in [5.74, 6) is -0.832. The van der Waals surface area contributed by atoms with Crippen LogP contribution >= 0.6 is 0 Å². The quantitative estimate of drug-likeness (QED) is 0.742. The van der Waals surface area contributed by atoms with Gasteiger partial charge in [-0.05, 0) is 6.92 Å².